The zero-order chi connectivity index (χ0) is 25.9. The first-order valence-electron chi connectivity index (χ1n) is 10.9. The topological polar surface area (TPSA) is 147 Å². The normalized spacial score (nSPS) is 17.4. The van der Waals surface area contributed by atoms with Crippen molar-refractivity contribution in [1.29, 1.82) is 0 Å². The lowest BCUT2D eigenvalue weighted by molar-refractivity contribution is -0.120. The molecule has 0 aliphatic carbocycles. The molecule has 1 aliphatic heterocycles. The summed E-state index contributed by atoms with van der Waals surface area (Å²) in [6.07, 6.45) is 0. The quantitative estimate of drug-likeness (QED) is 0.475. The zero-order valence-electron chi connectivity index (χ0n) is 19.0. The minimum absolute atomic E-state index is 0.0281. The van der Waals surface area contributed by atoms with Crippen molar-refractivity contribution in [2.45, 2.75) is 15.8 Å². The Morgan fingerprint density at radius 2 is 1.28 bits per heavy atom. The molecule has 0 radical (unpaired) electrons. The summed E-state index contributed by atoms with van der Waals surface area (Å²) in [5, 5.41) is 2.56. The first-order chi connectivity index (χ1) is 17.1. The number of hydrogen-bond acceptors (Lipinski definition) is 6. The average molecular weight is 529 g/mol. The van der Waals surface area contributed by atoms with Gasteiger partial charge < -0.3 is 11.1 Å². The molecule has 1 fully saturated rings. The van der Waals surface area contributed by atoms with Gasteiger partial charge in [0.1, 0.15) is 6.04 Å². The van der Waals surface area contributed by atoms with Crippen LogP contribution in [0.15, 0.2) is 94.7 Å². The van der Waals surface area contributed by atoms with Crippen LogP contribution in [0, 0.1) is 0 Å². The molecule has 0 aromatic heterocycles. The molecule has 1 atom stereocenters. The number of rotatable bonds is 7. The molecule has 3 aromatic carbocycles. The fourth-order valence-corrected chi connectivity index (χ4v) is 7.00. The minimum atomic E-state index is -4.15. The summed E-state index contributed by atoms with van der Waals surface area (Å²) in [6.45, 7) is -0.822. The van der Waals surface area contributed by atoms with Crippen LogP contribution < -0.4 is 11.1 Å². The third-order valence-corrected chi connectivity index (χ3v) is 9.58. The van der Waals surface area contributed by atoms with Crippen molar-refractivity contribution in [1.82, 2.24) is 8.61 Å². The van der Waals surface area contributed by atoms with Crippen molar-refractivity contribution in [2.24, 2.45) is 5.73 Å². The molecule has 0 spiro atoms. The van der Waals surface area contributed by atoms with E-state index < -0.39 is 44.4 Å². The molecule has 2 amide bonds. The standard InChI is InChI=1S/C24H24N4O6S2/c25-23(29)20-13-7-8-14-21(20)26-24(30)22-17-27(35(31,32)18-9-3-1-4-10-18)15-16-28(22)36(33,34)19-11-5-2-6-12-19/h1-14,22H,15-17H2,(H2,25,29)(H,26,30)/t22-/m1/s1. The van der Waals surface area contributed by atoms with Crippen molar-refractivity contribution >= 4 is 37.5 Å². The number of nitrogens with one attached hydrogen (secondary N) is 1. The Bertz CT molecular complexity index is 1480. The van der Waals surface area contributed by atoms with Crippen LogP contribution in [0.4, 0.5) is 5.69 Å². The Balaban J connectivity index is 1.71. The number of carbonyl (C=O) groups is 2. The highest BCUT2D eigenvalue weighted by atomic mass is 32.2. The van der Waals surface area contributed by atoms with Crippen LogP contribution in [0.25, 0.3) is 0 Å². The van der Waals surface area contributed by atoms with Gasteiger partial charge in [0.05, 0.1) is 21.0 Å². The predicted octanol–water partition coefficient (Wildman–Crippen LogP) is 1.49. The Hall–Kier alpha value is -3.58. The molecule has 188 valence electrons. The summed E-state index contributed by atoms with van der Waals surface area (Å²) in [6, 6.07) is 19.9. The van der Waals surface area contributed by atoms with Crippen LogP contribution in [0.2, 0.25) is 0 Å². The number of nitrogens with two attached hydrogens (primary N) is 1. The van der Waals surface area contributed by atoms with E-state index in [1.807, 2.05) is 0 Å². The SMILES string of the molecule is NC(=O)c1ccccc1NC(=O)[C@H]1CN(S(=O)(=O)c2ccccc2)CCN1S(=O)(=O)c1ccccc1. The Morgan fingerprint density at radius 1 is 0.750 bits per heavy atom. The number of para-hydroxylation sites is 1. The van der Waals surface area contributed by atoms with Gasteiger partial charge in [0.2, 0.25) is 26.0 Å². The number of piperazine rings is 1. The highest BCUT2D eigenvalue weighted by molar-refractivity contribution is 7.89. The van der Waals surface area contributed by atoms with Gasteiger partial charge in [0.25, 0.3) is 5.91 Å². The Labute approximate surface area is 209 Å². The summed E-state index contributed by atoms with van der Waals surface area (Å²) >= 11 is 0. The maximum absolute atomic E-state index is 13.5. The number of hydrogen-bond donors (Lipinski definition) is 2. The second-order valence-corrected chi connectivity index (χ2v) is 11.8. The van der Waals surface area contributed by atoms with E-state index in [-0.39, 0.29) is 34.1 Å². The first-order valence-corrected chi connectivity index (χ1v) is 13.8. The molecule has 1 heterocycles. The van der Waals surface area contributed by atoms with E-state index in [0.717, 1.165) is 8.61 Å². The Kier molecular flexibility index (Phi) is 7.22. The van der Waals surface area contributed by atoms with E-state index in [4.69, 9.17) is 5.73 Å². The van der Waals surface area contributed by atoms with Crippen molar-refractivity contribution in [3.05, 3.63) is 90.5 Å². The average Bonchev–Trinajstić information content (AvgIpc) is 2.89. The lowest BCUT2D eigenvalue weighted by Gasteiger charge is -2.39. The van der Waals surface area contributed by atoms with Gasteiger partial charge >= 0.3 is 0 Å². The second-order valence-electron chi connectivity index (χ2n) is 8.02. The number of benzene rings is 3. The molecule has 12 heteroatoms. The van der Waals surface area contributed by atoms with Gasteiger partial charge in [-0.1, -0.05) is 48.5 Å². The van der Waals surface area contributed by atoms with Gasteiger partial charge in [-0.25, -0.2) is 16.8 Å². The molecule has 3 aromatic rings. The summed E-state index contributed by atoms with van der Waals surface area (Å²) < 4.78 is 55.5. The van der Waals surface area contributed by atoms with E-state index in [9.17, 15) is 26.4 Å². The zero-order valence-corrected chi connectivity index (χ0v) is 20.7. The lowest BCUT2D eigenvalue weighted by Crippen LogP contribution is -2.60. The highest BCUT2D eigenvalue weighted by Crippen LogP contribution is 2.26. The third-order valence-electron chi connectivity index (χ3n) is 5.78. The molecule has 0 saturated carbocycles. The Morgan fingerprint density at radius 3 is 1.86 bits per heavy atom. The minimum Gasteiger partial charge on any atom is -0.366 e. The number of amides is 2. The summed E-state index contributed by atoms with van der Waals surface area (Å²) in [5.41, 5.74) is 5.53. The van der Waals surface area contributed by atoms with Crippen LogP contribution >= 0.6 is 0 Å². The van der Waals surface area contributed by atoms with Crippen LogP contribution in [-0.2, 0) is 24.8 Å². The van der Waals surface area contributed by atoms with Gasteiger partial charge in [0.15, 0.2) is 0 Å². The maximum Gasteiger partial charge on any atom is 0.250 e. The van der Waals surface area contributed by atoms with Crippen LogP contribution in [-0.4, -0.2) is 62.9 Å². The molecular weight excluding hydrogens is 504 g/mol. The van der Waals surface area contributed by atoms with Crippen LogP contribution in [0.1, 0.15) is 10.4 Å². The molecule has 1 aliphatic rings. The van der Waals surface area contributed by atoms with E-state index >= 15 is 0 Å². The van der Waals surface area contributed by atoms with Crippen molar-refractivity contribution < 1.29 is 26.4 Å². The van der Waals surface area contributed by atoms with Crippen molar-refractivity contribution in [3.8, 4) is 0 Å². The fourth-order valence-electron chi connectivity index (χ4n) is 3.95. The third kappa shape index (κ3) is 5.02. The molecule has 1 saturated heterocycles. The predicted molar refractivity (Wildman–Crippen MR) is 133 cm³/mol. The second kappa shape index (κ2) is 10.2. The molecular formula is C24H24N4O6S2. The van der Waals surface area contributed by atoms with Gasteiger partial charge in [-0.2, -0.15) is 8.61 Å². The maximum atomic E-state index is 13.5. The van der Waals surface area contributed by atoms with Gasteiger partial charge in [-0.15, -0.1) is 0 Å². The van der Waals surface area contributed by atoms with Gasteiger partial charge in [0, 0.05) is 19.6 Å². The monoisotopic (exact) mass is 528 g/mol. The van der Waals surface area contributed by atoms with Gasteiger partial charge in [-0.3, -0.25) is 9.59 Å². The van der Waals surface area contributed by atoms with Crippen LogP contribution in [0.5, 0.6) is 0 Å². The number of primary amides is 1. The summed E-state index contributed by atoms with van der Waals surface area (Å²) in [4.78, 5) is 25.3. The largest absolute Gasteiger partial charge is 0.366 e. The lowest BCUT2D eigenvalue weighted by atomic mass is 10.1. The van der Waals surface area contributed by atoms with Crippen LogP contribution in [0.3, 0.4) is 0 Å². The molecule has 0 bridgehead atoms. The number of sulfonamides is 2. The fraction of sp³-hybridized carbons (Fsp3) is 0.167. The van der Waals surface area contributed by atoms with E-state index in [0.29, 0.717) is 0 Å². The van der Waals surface area contributed by atoms with E-state index in [2.05, 4.69) is 5.32 Å². The smallest absolute Gasteiger partial charge is 0.250 e. The molecule has 36 heavy (non-hydrogen) atoms. The molecule has 3 N–H and O–H groups in total. The van der Waals surface area contributed by atoms with Crippen molar-refractivity contribution in [3.63, 3.8) is 0 Å². The first kappa shape index (κ1) is 25.5. The van der Waals surface area contributed by atoms with E-state index in [1.54, 1.807) is 48.5 Å². The summed E-state index contributed by atoms with van der Waals surface area (Å²) in [7, 11) is -8.15. The number of nitrogens with zero attached hydrogens (tertiary/aromatic N) is 2. The molecule has 4 rings (SSSR count). The van der Waals surface area contributed by atoms with Crippen molar-refractivity contribution in [2.75, 3.05) is 25.0 Å². The number of carbonyl (C=O) groups excluding carboxylic acids is 2. The van der Waals surface area contributed by atoms with Gasteiger partial charge in [-0.05, 0) is 36.4 Å². The highest BCUT2D eigenvalue weighted by Gasteiger charge is 2.43. The molecule has 10 nitrogen and oxygen atoms in total. The van der Waals surface area contributed by atoms with E-state index in [1.165, 1.54) is 36.4 Å². The number of anilines is 1. The molecule has 0 unspecified atom stereocenters. The summed E-state index contributed by atoms with van der Waals surface area (Å²) in [5.74, 6) is -1.58.